The van der Waals surface area contributed by atoms with Crippen LogP contribution in [0.2, 0.25) is 0 Å². The summed E-state index contributed by atoms with van der Waals surface area (Å²) in [7, 11) is 0. The van der Waals surface area contributed by atoms with Crippen LogP contribution in [0, 0.1) is 11.3 Å². The maximum atomic E-state index is 8.72. The molecule has 17 heavy (non-hydrogen) atoms. The molecule has 2 aromatic rings. The Bertz CT molecular complexity index is 617. The SMILES string of the molecule is N#Cc1ccc(-c2ccccc2N=[N+]=[N-])cc1. The van der Waals surface area contributed by atoms with Gasteiger partial charge < -0.3 is 0 Å². The van der Waals surface area contributed by atoms with Gasteiger partial charge in [-0.1, -0.05) is 41.5 Å². The maximum Gasteiger partial charge on any atom is 0.0991 e. The number of nitrogens with zero attached hydrogens (tertiary/aromatic N) is 4. The standard InChI is InChI=1S/C13H8N4/c14-9-10-5-7-11(8-6-10)12-3-1-2-4-13(12)16-17-15/h1-8H. The molecular formula is C13H8N4. The molecule has 0 saturated carbocycles. The number of azide groups is 1. The van der Waals surface area contributed by atoms with Crippen LogP contribution in [0.3, 0.4) is 0 Å². The summed E-state index contributed by atoms with van der Waals surface area (Å²) in [5.41, 5.74) is 11.5. The van der Waals surface area contributed by atoms with E-state index in [2.05, 4.69) is 16.1 Å². The van der Waals surface area contributed by atoms with Crippen LogP contribution in [-0.2, 0) is 0 Å². The van der Waals surface area contributed by atoms with Crippen molar-refractivity contribution < 1.29 is 0 Å². The van der Waals surface area contributed by atoms with E-state index in [1.165, 1.54) is 0 Å². The van der Waals surface area contributed by atoms with Crippen LogP contribution in [0.15, 0.2) is 53.6 Å². The lowest BCUT2D eigenvalue weighted by Gasteiger charge is -2.04. The first kappa shape index (κ1) is 10.7. The summed E-state index contributed by atoms with van der Waals surface area (Å²) in [4.78, 5) is 2.80. The van der Waals surface area contributed by atoms with E-state index in [9.17, 15) is 0 Å². The molecule has 0 aliphatic heterocycles. The highest BCUT2D eigenvalue weighted by atomic mass is 15.1. The average Bonchev–Trinajstić information content (AvgIpc) is 2.40. The smallest absolute Gasteiger partial charge is 0.0991 e. The molecule has 0 unspecified atom stereocenters. The third-order valence-corrected chi connectivity index (χ3v) is 2.38. The first-order chi connectivity index (χ1) is 8.35. The molecule has 0 aliphatic carbocycles. The topological polar surface area (TPSA) is 72.5 Å². The molecule has 0 bridgehead atoms. The Balaban J connectivity index is 2.52. The third kappa shape index (κ3) is 2.25. The first-order valence-corrected chi connectivity index (χ1v) is 5.00. The molecule has 0 saturated heterocycles. The van der Waals surface area contributed by atoms with E-state index in [0.29, 0.717) is 11.3 Å². The highest BCUT2D eigenvalue weighted by Gasteiger charge is 2.02. The summed E-state index contributed by atoms with van der Waals surface area (Å²) < 4.78 is 0. The molecule has 0 spiro atoms. The molecule has 0 fully saturated rings. The van der Waals surface area contributed by atoms with Gasteiger partial charge >= 0.3 is 0 Å². The number of nitriles is 1. The van der Waals surface area contributed by atoms with Gasteiger partial charge in [0.2, 0.25) is 0 Å². The van der Waals surface area contributed by atoms with Gasteiger partial charge in [0.05, 0.1) is 11.6 Å². The molecule has 0 atom stereocenters. The minimum atomic E-state index is 0.583. The highest BCUT2D eigenvalue weighted by molar-refractivity contribution is 5.75. The molecule has 4 nitrogen and oxygen atoms in total. The van der Waals surface area contributed by atoms with Crippen molar-refractivity contribution in [1.82, 2.24) is 0 Å². The van der Waals surface area contributed by atoms with Crippen LogP contribution in [-0.4, -0.2) is 0 Å². The van der Waals surface area contributed by atoms with E-state index >= 15 is 0 Å². The number of benzene rings is 2. The van der Waals surface area contributed by atoms with Crippen molar-refractivity contribution >= 4 is 5.69 Å². The monoisotopic (exact) mass is 220 g/mol. The molecule has 2 aromatic carbocycles. The normalized spacial score (nSPS) is 9.12. The van der Waals surface area contributed by atoms with Gasteiger partial charge in [-0.3, -0.25) is 0 Å². The van der Waals surface area contributed by atoms with E-state index in [-0.39, 0.29) is 0 Å². The number of hydrogen-bond acceptors (Lipinski definition) is 2. The second kappa shape index (κ2) is 4.84. The van der Waals surface area contributed by atoms with Crippen LogP contribution >= 0.6 is 0 Å². The minimum Gasteiger partial charge on any atom is -0.192 e. The van der Waals surface area contributed by atoms with Crippen LogP contribution in [0.1, 0.15) is 5.56 Å². The van der Waals surface area contributed by atoms with Crippen molar-refractivity contribution in [2.45, 2.75) is 0 Å². The Morgan fingerprint density at radius 2 is 1.76 bits per heavy atom. The summed E-state index contributed by atoms with van der Waals surface area (Å²) >= 11 is 0. The molecule has 0 heterocycles. The Morgan fingerprint density at radius 3 is 2.41 bits per heavy atom. The fourth-order valence-corrected chi connectivity index (χ4v) is 1.58. The zero-order valence-electron chi connectivity index (χ0n) is 8.91. The Hall–Kier alpha value is -2.76. The highest BCUT2D eigenvalue weighted by Crippen LogP contribution is 2.30. The van der Waals surface area contributed by atoms with Gasteiger partial charge in [0.1, 0.15) is 0 Å². The second-order valence-electron chi connectivity index (χ2n) is 3.40. The van der Waals surface area contributed by atoms with E-state index in [1.54, 1.807) is 18.2 Å². The van der Waals surface area contributed by atoms with Gasteiger partial charge in [0.25, 0.3) is 0 Å². The van der Waals surface area contributed by atoms with Crippen molar-refractivity contribution in [2.24, 2.45) is 5.11 Å². The minimum absolute atomic E-state index is 0.583. The quantitative estimate of drug-likeness (QED) is 0.425. The Morgan fingerprint density at radius 1 is 1.06 bits per heavy atom. The Kier molecular flexibility index (Phi) is 3.06. The van der Waals surface area contributed by atoms with Gasteiger partial charge in [0, 0.05) is 10.6 Å². The lowest BCUT2D eigenvalue weighted by atomic mass is 10.0. The predicted molar refractivity (Wildman–Crippen MR) is 65.4 cm³/mol. The van der Waals surface area contributed by atoms with Crippen LogP contribution in [0.5, 0.6) is 0 Å². The molecule has 0 amide bonds. The van der Waals surface area contributed by atoms with Crippen LogP contribution in [0.25, 0.3) is 21.6 Å². The first-order valence-electron chi connectivity index (χ1n) is 5.00. The molecule has 80 valence electrons. The lowest BCUT2D eigenvalue weighted by molar-refractivity contribution is 1.45. The predicted octanol–water partition coefficient (Wildman–Crippen LogP) is 4.17. The molecule has 2 rings (SSSR count). The summed E-state index contributed by atoms with van der Waals surface area (Å²) in [6.45, 7) is 0. The molecular weight excluding hydrogens is 212 g/mol. The van der Waals surface area contributed by atoms with Gasteiger partial charge in [0.15, 0.2) is 0 Å². The lowest BCUT2D eigenvalue weighted by Crippen LogP contribution is -1.79. The average molecular weight is 220 g/mol. The zero-order valence-corrected chi connectivity index (χ0v) is 8.91. The molecule has 0 aliphatic rings. The van der Waals surface area contributed by atoms with Crippen molar-refractivity contribution in [1.29, 1.82) is 5.26 Å². The van der Waals surface area contributed by atoms with Gasteiger partial charge in [-0.25, -0.2) is 0 Å². The molecule has 4 heteroatoms. The summed E-state index contributed by atoms with van der Waals surface area (Å²) in [5, 5.41) is 12.4. The van der Waals surface area contributed by atoms with Crippen LogP contribution < -0.4 is 0 Å². The van der Waals surface area contributed by atoms with Crippen molar-refractivity contribution in [3.63, 3.8) is 0 Å². The summed E-state index contributed by atoms with van der Waals surface area (Å²) in [5.74, 6) is 0. The number of rotatable bonds is 2. The molecule has 0 aromatic heterocycles. The maximum absolute atomic E-state index is 8.72. The third-order valence-electron chi connectivity index (χ3n) is 2.38. The molecule has 0 N–H and O–H groups in total. The van der Waals surface area contributed by atoms with E-state index < -0.39 is 0 Å². The van der Waals surface area contributed by atoms with E-state index in [1.807, 2.05) is 30.3 Å². The second-order valence-corrected chi connectivity index (χ2v) is 3.40. The van der Waals surface area contributed by atoms with Gasteiger partial charge in [-0.2, -0.15) is 5.26 Å². The van der Waals surface area contributed by atoms with E-state index in [4.69, 9.17) is 10.8 Å². The fraction of sp³-hybridized carbons (Fsp3) is 0. The van der Waals surface area contributed by atoms with Crippen molar-refractivity contribution in [2.75, 3.05) is 0 Å². The van der Waals surface area contributed by atoms with Crippen LogP contribution in [0.4, 0.5) is 5.69 Å². The largest absolute Gasteiger partial charge is 0.192 e. The van der Waals surface area contributed by atoms with E-state index in [0.717, 1.165) is 11.1 Å². The Labute approximate surface area is 98.4 Å². The summed E-state index contributed by atoms with van der Waals surface area (Å²) in [6.07, 6.45) is 0. The van der Waals surface area contributed by atoms with Crippen molar-refractivity contribution in [3.8, 4) is 17.2 Å². The van der Waals surface area contributed by atoms with Crippen molar-refractivity contribution in [3.05, 3.63) is 64.5 Å². The zero-order chi connectivity index (χ0) is 12.1. The fourth-order valence-electron chi connectivity index (χ4n) is 1.58. The summed E-state index contributed by atoms with van der Waals surface area (Å²) in [6, 6.07) is 16.5. The molecule has 0 radical (unpaired) electrons. The van der Waals surface area contributed by atoms with Gasteiger partial charge in [-0.15, -0.1) is 0 Å². The van der Waals surface area contributed by atoms with Gasteiger partial charge in [-0.05, 0) is 28.8 Å². The number of hydrogen-bond donors (Lipinski definition) is 0.